The zero-order chi connectivity index (χ0) is 26.1. The molecule has 0 aromatic heterocycles. The maximum absolute atomic E-state index is 13.9. The Balaban J connectivity index is 1.63. The first-order valence-electron chi connectivity index (χ1n) is 10.3. The van der Waals surface area contributed by atoms with Crippen LogP contribution in [-0.4, -0.2) is 91.5 Å². The number of amides is 1. The number of hydrogen-bond acceptors (Lipinski definition) is 9. The van der Waals surface area contributed by atoms with E-state index in [1.165, 1.54) is 6.92 Å². The molecule has 0 bridgehead atoms. The number of rotatable bonds is 12. The average Bonchev–Trinajstić information content (AvgIpc) is 2.83. The molecule has 1 aromatic carbocycles. The van der Waals surface area contributed by atoms with Gasteiger partial charge in [-0.15, -0.1) is 0 Å². The lowest BCUT2D eigenvalue weighted by Crippen LogP contribution is -2.57. The van der Waals surface area contributed by atoms with Gasteiger partial charge in [-0.1, -0.05) is 5.11 Å². The molecule has 1 heterocycles. The number of carbonyl (C=O) groups is 1. The van der Waals surface area contributed by atoms with Crippen LogP contribution in [0.1, 0.15) is 17.3 Å². The largest absolute Gasteiger partial charge is 0.388 e. The molecule has 0 spiro atoms. The van der Waals surface area contributed by atoms with Gasteiger partial charge in [0.1, 0.15) is 29.6 Å². The Labute approximate surface area is 196 Å². The third kappa shape index (κ3) is 7.22. The number of carbonyl (C=O) groups excluding carboxylic acids is 1. The molecule has 0 aliphatic carbocycles. The van der Waals surface area contributed by atoms with Crippen molar-refractivity contribution in [2.45, 2.75) is 37.6 Å². The highest BCUT2D eigenvalue weighted by atomic mass is 19.2. The molecule has 1 aromatic rings. The van der Waals surface area contributed by atoms with Crippen molar-refractivity contribution in [3.8, 4) is 0 Å². The van der Waals surface area contributed by atoms with Crippen LogP contribution in [0.5, 0.6) is 0 Å². The van der Waals surface area contributed by atoms with Crippen LogP contribution in [0, 0.1) is 23.3 Å². The van der Waals surface area contributed by atoms with E-state index in [2.05, 4.69) is 10.0 Å². The Bertz CT molecular complexity index is 908. The first-order valence-corrected chi connectivity index (χ1v) is 10.3. The number of nitrogens with zero attached hydrogens (tertiary/aromatic N) is 3. The van der Waals surface area contributed by atoms with E-state index >= 15 is 0 Å². The summed E-state index contributed by atoms with van der Waals surface area (Å²) in [4.78, 5) is 14.0. The molecule has 1 fully saturated rings. The van der Waals surface area contributed by atoms with Crippen molar-refractivity contribution < 1.29 is 56.6 Å². The summed E-state index contributed by atoms with van der Waals surface area (Å²) in [6.07, 6.45) is -5.97. The predicted molar refractivity (Wildman–Crippen MR) is 107 cm³/mol. The highest BCUT2D eigenvalue weighted by molar-refractivity contribution is 5.95. The minimum atomic E-state index is -2.01. The number of hydrogen-bond donors (Lipinski definition) is 4. The van der Waals surface area contributed by atoms with Gasteiger partial charge in [0, 0.05) is 11.5 Å². The number of aliphatic hydroxyl groups is 3. The summed E-state index contributed by atoms with van der Waals surface area (Å²) in [6.45, 7) is 1.33. The molecular weight excluding hydrogens is 488 g/mol. The minimum Gasteiger partial charge on any atom is -0.388 e. The lowest BCUT2D eigenvalue weighted by atomic mass is 10.0. The number of aliphatic hydroxyl groups excluding tert-OH is 3. The van der Waals surface area contributed by atoms with E-state index in [4.69, 9.17) is 24.5 Å². The Hall–Kier alpha value is -2.56. The molecule has 196 valence electrons. The molecule has 2 unspecified atom stereocenters. The Morgan fingerprint density at radius 3 is 2.14 bits per heavy atom. The molecule has 0 radical (unpaired) electrons. The maximum Gasteiger partial charge on any atom is 0.257 e. The monoisotopic (exact) mass is 512 g/mol. The third-order valence-corrected chi connectivity index (χ3v) is 4.83. The van der Waals surface area contributed by atoms with E-state index in [0.717, 1.165) is 0 Å². The van der Waals surface area contributed by atoms with Crippen molar-refractivity contribution in [2.75, 3.05) is 39.6 Å². The standard InChI is InChI=1S/C19H24F4N4O8/c1-8-15(28)16(29)17(30)19(35-8)34-7-6-33-5-4-32-3-2-25-18(31)9-10(20)12(22)14(26-27-24)13(23)11(9)21/h8,15-17,19,28-30H,2-7H2,1H3,(H,25,31)/t8-,15?,16-,17-,19?/m0/s1. The van der Waals surface area contributed by atoms with Crippen molar-refractivity contribution in [3.63, 3.8) is 0 Å². The number of halogens is 4. The molecule has 0 saturated carbocycles. The summed E-state index contributed by atoms with van der Waals surface area (Å²) in [5.41, 5.74) is 5.17. The van der Waals surface area contributed by atoms with Crippen LogP contribution in [0.3, 0.4) is 0 Å². The fraction of sp³-hybridized carbons (Fsp3) is 0.632. The lowest BCUT2D eigenvalue weighted by Gasteiger charge is -2.38. The number of nitrogens with one attached hydrogen (secondary N) is 1. The summed E-state index contributed by atoms with van der Waals surface area (Å²) in [6, 6.07) is 0. The van der Waals surface area contributed by atoms with Crippen LogP contribution < -0.4 is 5.32 Å². The number of benzene rings is 1. The Morgan fingerprint density at radius 1 is 0.971 bits per heavy atom. The molecule has 2 rings (SSSR count). The first-order chi connectivity index (χ1) is 16.6. The molecular formula is C19H24F4N4O8. The highest BCUT2D eigenvalue weighted by Crippen LogP contribution is 2.30. The third-order valence-electron chi connectivity index (χ3n) is 4.83. The van der Waals surface area contributed by atoms with Crippen molar-refractivity contribution >= 4 is 11.6 Å². The van der Waals surface area contributed by atoms with E-state index in [1.807, 2.05) is 5.32 Å². The van der Waals surface area contributed by atoms with Crippen LogP contribution in [0.15, 0.2) is 5.11 Å². The molecule has 1 amide bonds. The smallest absolute Gasteiger partial charge is 0.257 e. The zero-order valence-corrected chi connectivity index (χ0v) is 18.4. The van der Waals surface area contributed by atoms with Crippen LogP contribution in [0.25, 0.3) is 10.4 Å². The van der Waals surface area contributed by atoms with Crippen molar-refractivity contribution in [2.24, 2.45) is 5.11 Å². The van der Waals surface area contributed by atoms with Crippen LogP contribution in [-0.2, 0) is 18.9 Å². The first kappa shape index (κ1) is 28.7. The SMILES string of the molecule is C[C@@H]1OC(OCCOCCOCCNC(=O)c2c(F)c(F)c(N=[N+]=[N-])c(F)c2F)[C@@H](O)[C@@H](O)C1O. The molecule has 1 aliphatic rings. The summed E-state index contributed by atoms with van der Waals surface area (Å²) in [7, 11) is 0. The van der Waals surface area contributed by atoms with Gasteiger partial charge in [0.25, 0.3) is 5.91 Å². The van der Waals surface area contributed by atoms with Gasteiger partial charge in [-0.25, -0.2) is 17.6 Å². The van der Waals surface area contributed by atoms with Gasteiger partial charge in [-0.3, -0.25) is 4.79 Å². The van der Waals surface area contributed by atoms with Crippen molar-refractivity contribution in [1.29, 1.82) is 0 Å². The van der Waals surface area contributed by atoms with Crippen LogP contribution in [0.4, 0.5) is 23.2 Å². The van der Waals surface area contributed by atoms with E-state index in [1.54, 1.807) is 0 Å². The highest BCUT2D eigenvalue weighted by Gasteiger charge is 2.42. The fourth-order valence-electron chi connectivity index (χ4n) is 2.97. The van der Waals surface area contributed by atoms with E-state index < -0.39 is 71.1 Å². The quantitative estimate of drug-likeness (QED) is 0.0794. The summed E-state index contributed by atoms with van der Waals surface area (Å²) >= 11 is 0. The lowest BCUT2D eigenvalue weighted by molar-refractivity contribution is -0.294. The second kappa shape index (κ2) is 13.5. The van der Waals surface area contributed by atoms with Crippen LogP contribution in [0.2, 0.25) is 0 Å². The molecule has 1 saturated heterocycles. The summed E-state index contributed by atoms with van der Waals surface area (Å²) < 4.78 is 76.2. The average molecular weight is 512 g/mol. The van der Waals surface area contributed by atoms with Gasteiger partial charge < -0.3 is 39.6 Å². The second-order valence-electron chi connectivity index (χ2n) is 7.20. The molecule has 12 nitrogen and oxygen atoms in total. The number of ether oxygens (including phenoxy) is 4. The maximum atomic E-state index is 13.9. The van der Waals surface area contributed by atoms with Crippen molar-refractivity contribution in [1.82, 2.24) is 5.32 Å². The van der Waals surface area contributed by atoms with E-state index in [-0.39, 0.29) is 39.6 Å². The van der Waals surface area contributed by atoms with Gasteiger partial charge in [-0.05, 0) is 12.5 Å². The van der Waals surface area contributed by atoms with E-state index in [0.29, 0.717) is 0 Å². The van der Waals surface area contributed by atoms with Gasteiger partial charge >= 0.3 is 0 Å². The van der Waals surface area contributed by atoms with Gasteiger partial charge in [0.2, 0.25) is 0 Å². The molecule has 35 heavy (non-hydrogen) atoms. The Kier molecular flexibility index (Phi) is 11.1. The minimum absolute atomic E-state index is 0.00393. The van der Waals surface area contributed by atoms with Gasteiger partial charge in [-0.2, -0.15) is 0 Å². The number of azide groups is 1. The summed E-state index contributed by atoms with van der Waals surface area (Å²) in [5, 5.41) is 33.7. The van der Waals surface area contributed by atoms with Crippen molar-refractivity contribution in [3.05, 3.63) is 39.3 Å². The fourth-order valence-corrected chi connectivity index (χ4v) is 2.97. The molecule has 4 N–H and O–H groups in total. The molecule has 5 atom stereocenters. The topological polar surface area (TPSA) is 175 Å². The zero-order valence-electron chi connectivity index (χ0n) is 18.4. The Morgan fingerprint density at radius 2 is 1.54 bits per heavy atom. The molecule has 16 heteroatoms. The van der Waals surface area contributed by atoms with Gasteiger partial charge in [0.05, 0.1) is 39.1 Å². The van der Waals surface area contributed by atoms with Crippen LogP contribution >= 0.6 is 0 Å². The normalized spacial score (nSPS) is 24.2. The summed E-state index contributed by atoms with van der Waals surface area (Å²) in [5.74, 6) is -9.46. The molecule has 1 aliphatic heterocycles. The van der Waals surface area contributed by atoms with E-state index in [9.17, 15) is 37.7 Å². The van der Waals surface area contributed by atoms with Gasteiger partial charge in [0.15, 0.2) is 29.6 Å². The second-order valence-corrected chi connectivity index (χ2v) is 7.20. The predicted octanol–water partition coefficient (Wildman–Crippen LogP) is 0.792.